The molecule has 1 heterocycles. The molecule has 1 aliphatic rings. The molecular formula is C24H28FN3O3S2. The molecule has 1 saturated carbocycles. The van der Waals surface area contributed by atoms with Gasteiger partial charge in [0.1, 0.15) is 16.5 Å². The summed E-state index contributed by atoms with van der Waals surface area (Å²) < 4.78 is 47.5. The minimum absolute atomic E-state index is 0.0173. The second kappa shape index (κ2) is 10.1. The van der Waals surface area contributed by atoms with E-state index in [-0.39, 0.29) is 16.3 Å². The molecular weight excluding hydrogens is 461 g/mol. The Kier molecular flexibility index (Phi) is 7.19. The first-order valence-electron chi connectivity index (χ1n) is 11.0. The first-order chi connectivity index (χ1) is 15.9. The van der Waals surface area contributed by atoms with Gasteiger partial charge in [-0.3, -0.25) is 4.72 Å². The summed E-state index contributed by atoms with van der Waals surface area (Å²) in [5, 5.41) is 4.31. The Morgan fingerprint density at radius 2 is 1.94 bits per heavy atom. The summed E-state index contributed by atoms with van der Waals surface area (Å²) in [5.74, 6) is 0.364. The van der Waals surface area contributed by atoms with E-state index in [0.717, 1.165) is 33.9 Å². The molecule has 176 valence electrons. The number of thiazole rings is 1. The maximum Gasteiger partial charge on any atom is 0.265 e. The number of anilines is 2. The van der Waals surface area contributed by atoms with E-state index in [9.17, 15) is 12.8 Å². The molecule has 4 rings (SSSR count). The summed E-state index contributed by atoms with van der Waals surface area (Å²) in [6.45, 7) is 2.83. The summed E-state index contributed by atoms with van der Waals surface area (Å²) in [7, 11) is -2.59. The van der Waals surface area contributed by atoms with Gasteiger partial charge in [-0.1, -0.05) is 36.7 Å². The summed E-state index contributed by atoms with van der Waals surface area (Å²) in [6, 6.07) is 10.4. The lowest BCUT2D eigenvalue weighted by molar-refractivity contribution is 0.373. The van der Waals surface area contributed by atoms with Gasteiger partial charge in [-0.2, -0.15) is 0 Å². The van der Waals surface area contributed by atoms with E-state index in [1.807, 2.05) is 13.0 Å². The summed E-state index contributed by atoms with van der Waals surface area (Å²) in [5.41, 5.74) is 1.71. The Labute approximate surface area is 198 Å². The highest BCUT2D eigenvalue weighted by atomic mass is 32.2. The van der Waals surface area contributed by atoms with Gasteiger partial charge in [0.05, 0.1) is 23.4 Å². The fourth-order valence-electron chi connectivity index (χ4n) is 4.15. The van der Waals surface area contributed by atoms with Crippen LogP contribution in [0.15, 0.2) is 47.4 Å². The van der Waals surface area contributed by atoms with E-state index < -0.39 is 15.8 Å². The SMILES string of the molecule is COc1ccc(-c2sc(NCC3CCCCC3)nc2C)cc1S(=O)(=O)Nc1cccc(F)c1. The van der Waals surface area contributed by atoms with Crippen LogP contribution < -0.4 is 14.8 Å². The third-order valence-electron chi connectivity index (χ3n) is 5.86. The molecule has 0 saturated heterocycles. The number of aromatic nitrogens is 1. The van der Waals surface area contributed by atoms with Crippen LogP contribution in [0.2, 0.25) is 0 Å². The van der Waals surface area contributed by atoms with E-state index in [2.05, 4.69) is 15.0 Å². The molecule has 0 amide bonds. The second-order valence-corrected chi connectivity index (χ2v) is 10.9. The number of ether oxygens (including phenoxy) is 1. The second-order valence-electron chi connectivity index (χ2n) is 8.30. The maximum absolute atomic E-state index is 13.5. The number of hydrogen-bond acceptors (Lipinski definition) is 6. The van der Waals surface area contributed by atoms with Gasteiger partial charge in [-0.15, -0.1) is 0 Å². The molecule has 9 heteroatoms. The van der Waals surface area contributed by atoms with Crippen LogP contribution in [0.1, 0.15) is 37.8 Å². The van der Waals surface area contributed by atoms with Crippen LogP contribution in [0.25, 0.3) is 10.4 Å². The lowest BCUT2D eigenvalue weighted by Gasteiger charge is -2.21. The van der Waals surface area contributed by atoms with Gasteiger partial charge < -0.3 is 10.1 Å². The van der Waals surface area contributed by atoms with E-state index in [4.69, 9.17) is 4.74 Å². The number of rotatable bonds is 8. The maximum atomic E-state index is 13.5. The van der Waals surface area contributed by atoms with Crippen molar-refractivity contribution < 1.29 is 17.5 Å². The number of nitrogens with zero attached hydrogens (tertiary/aromatic N) is 1. The Balaban J connectivity index is 1.59. The minimum atomic E-state index is -4.01. The van der Waals surface area contributed by atoms with Gasteiger partial charge in [0.25, 0.3) is 10.0 Å². The third kappa shape index (κ3) is 5.65. The summed E-state index contributed by atoms with van der Waals surface area (Å²) in [6.07, 6.45) is 6.42. The molecule has 2 aromatic carbocycles. The number of halogens is 1. The topological polar surface area (TPSA) is 80.3 Å². The third-order valence-corrected chi connectivity index (χ3v) is 8.42. The molecule has 0 aliphatic heterocycles. The highest BCUT2D eigenvalue weighted by Gasteiger charge is 2.22. The minimum Gasteiger partial charge on any atom is -0.495 e. The first kappa shape index (κ1) is 23.5. The van der Waals surface area contributed by atoms with Crippen molar-refractivity contribution in [2.24, 2.45) is 5.92 Å². The van der Waals surface area contributed by atoms with Crippen molar-refractivity contribution in [1.82, 2.24) is 4.98 Å². The quantitative estimate of drug-likeness (QED) is 0.402. The average Bonchev–Trinajstić information content (AvgIpc) is 3.18. The molecule has 1 aromatic heterocycles. The van der Waals surface area contributed by atoms with Gasteiger partial charge in [-0.25, -0.2) is 17.8 Å². The Morgan fingerprint density at radius 3 is 2.67 bits per heavy atom. The molecule has 0 spiro atoms. The van der Waals surface area contributed by atoms with Crippen LogP contribution in [0.5, 0.6) is 5.75 Å². The highest BCUT2D eigenvalue weighted by Crippen LogP contribution is 2.37. The molecule has 1 fully saturated rings. The monoisotopic (exact) mass is 489 g/mol. The van der Waals surface area contributed by atoms with E-state index in [1.54, 1.807) is 12.1 Å². The standard InChI is InChI=1S/C24H28FN3O3S2/c1-16-23(32-24(27-16)26-15-17-7-4-3-5-8-17)18-11-12-21(31-2)22(13-18)33(29,30)28-20-10-6-9-19(25)14-20/h6,9-14,17,28H,3-5,7-8,15H2,1-2H3,(H,26,27). The molecule has 3 aromatic rings. The van der Waals surface area contributed by atoms with Gasteiger partial charge in [0.2, 0.25) is 0 Å². The molecule has 33 heavy (non-hydrogen) atoms. The van der Waals surface area contributed by atoms with Gasteiger partial charge in [-0.05, 0) is 67.6 Å². The molecule has 1 aliphatic carbocycles. The average molecular weight is 490 g/mol. The number of aryl methyl sites for hydroxylation is 1. The van der Waals surface area contributed by atoms with Crippen molar-refractivity contribution in [3.63, 3.8) is 0 Å². The highest BCUT2D eigenvalue weighted by molar-refractivity contribution is 7.92. The zero-order valence-electron chi connectivity index (χ0n) is 18.7. The molecule has 0 atom stereocenters. The van der Waals surface area contributed by atoms with Gasteiger partial charge >= 0.3 is 0 Å². The Hall–Kier alpha value is -2.65. The summed E-state index contributed by atoms with van der Waals surface area (Å²) in [4.78, 5) is 5.53. The van der Waals surface area contributed by atoms with Crippen LogP contribution in [-0.2, 0) is 10.0 Å². The molecule has 0 bridgehead atoms. The normalized spacial score (nSPS) is 14.8. The molecule has 0 radical (unpaired) electrons. The van der Waals surface area contributed by atoms with Crippen molar-refractivity contribution in [3.8, 4) is 16.2 Å². The lowest BCUT2D eigenvalue weighted by atomic mass is 9.89. The Morgan fingerprint density at radius 1 is 1.15 bits per heavy atom. The number of methoxy groups -OCH3 is 1. The fourth-order valence-corrected chi connectivity index (χ4v) is 6.37. The van der Waals surface area contributed by atoms with Crippen LogP contribution in [0.3, 0.4) is 0 Å². The molecule has 2 N–H and O–H groups in total. The zero-order chi connectivity index (χ0) is 23.4. The van der Waals surface area contributed by atoms with Crippen molar-refractivity contribution >= 4 is 32.2 Å². The van der Waals surface area contributed by atoms with E-state index in [1.165, 1.54) is 68.7 Å². The molecule has 6 nitrogen and oxygen atoms in total. The number of nitrogens with one attached hydrogen (secondary N) is 2. The fraction of sp³-hybridized carbons (Fsp3) is 0.375. The van der Waals surface area contributed by atoms with Crippen molar-refractivity contribution in [2.75, 3.05) is 23.7 Å². The predicted molar refractivity (Wildman–Crippen MR) is 131 cm³/mol. The molecule has 0 unspecified atom stereocenters. The van der Waals surface area contributed by atoms with Gasteiger partial charge in [0.15, 0.2) is 5.13 Å². The van der Waals surface area contributed by atoms with Crippen molar-refractivity contribution in [3.05, 3.63) is 54.0 Å². The van der Waals surface area contributed by atoms with Crippen LogP contribution in [-0.4, -0.2) is 27.1 Å². The number of benzene rings is 2. The largest absolute Gasteiger partial charge is 0.495 e. The van der Waals surface area contributed by atoms with E-state index in [0.29, 0.717) is 5.92 Å². The first-order valence-corrected chi connectivity index (χ1v) is 13.3. The Bertz CT molecular complexity index is 1220. The summed E-state index contributed by atoms with van der Waals surface area (Å²) >= 11 is 1.51. The zero-order valence-corrected chi connectivity index (χ0v) is 20.4. The predicted octanol–water partition coefficient (Wildman–Crippen LogP) is 6.06. The van der Waals surface area contributed by atoms with Crippen LogP contribution >= 0.6 is 11.3 Å². The van der Waals surface area contributed by atoms with Gasteiger partial charge in [0, 0.05) is 6.54 Å². The lowest BCUT2D eigenvalue weighted by Crippen LogP contribution is -2.16. The van der Waals surface area contributed by atoms with E-state index >= 15 is 0 Å². The smallest absolute Gasteiger partial charge is 0.265 e. The number of hydrogen-bond donors (Lipinski definition) is 2. The van der Waals surface area contributed by atoms with Crippen LogP contribution in [0.4, 0.5) is 15.2 Å². The van der Waals surface area contributed by atoms with Crippen molar-refractivity contribution in [2.45, 2.75) is 43.9 Å². The number of sulfonamides is 1. The van der Waals surface area contributed by atoms with Crippen LogP contribution in [0, 0.1) is 18.7 Å². The van der Waals surface area contributed by atoms with Crippen molar-refractivity contribution in [1.29, 1.82) is 0 Å².